The summed E-state index contributed by atoms with van der Waals surface area (Å²) in [6.45, 7) is 3.54. The number of nitrogens with zero attached hydrogens (tertiary/aromatic N) is 1. The van der Waals surface area contributed by atoms with Gasteiger partial charge < -0.3 is 15.0 Å². The van der Waals surface area contributed by atoms with Crippen molar-refractivity contribution in [1.82, 2.24) is 15.3 Å². The standard InChI is InChI=1S/C17H18F3N3O3/c1-10-14(16(25)23-11(2)22-10)7-8-15(24)21-9-12-3-5-13(6-4-12)26-17(18,19)20/h3-6H,7-9H2,1-2H3,(H,21,24)(H,22,23,25). The Labute approximate surface area is 147 Å². The molecule has 6 nitrogen and oxygen atoms in total. The first-order valence-electron chi connectivity index (χ1n) is 7.82. The summed E-state index contributed by atoms with van der Waals surface area (Å²) in [6.07, 6.45) is -4.39. The van der Waals surface area contributed by atoms with E-state index in [0.29, 0.717) is 22.6 Å². The van der Waals surface area contributed by atoms with Crippen LogP contribution in [0.5, 0.6) is 5.75 Å². The Kier molecular flexibility index (Phi) is 6.01. The number of carbonyl (C=O) groups excluding carboxylic acids is 1. The Balaban J connectivity index is 1.85. The second kappa shape index (κ2) is 8.03. The Morgan fingerprint density at radius 2 is 1.88 bits per heavy atom. The van der Waals surface area contributed by atoms with Gasteiger partial charge in [0.2, 0.25) is 5.91 Å². The van der Waals surface area contributed by atoms with Crippen LogP contribution in [0.15, 0.2) is 29.1 Å². The molecule has 0 aliphatic carbocycles. The number of aryl methyl sites for hydroxylation is 2. The molecular formula is C17H18F3N3O3. The Morgan fingerprint density at radius 1 is 1.23 bits per heavy atom. The second-order valence-electron chi connectivity index (χ2n) is 5.68. The van der Waals surface area contributed by atoms with Gasteiger partial charge in [0.05, 0.1) is 0 Å². The summed E-state index contributed by atoms with van der Waals surface area (Å²) in [6, 6.07) is 5.21. The number of ether oxygens (including phenoxy) is 1. The molecule has 0 aliphatic rings. The highest BCUT2D eigenvalue weighted by Crippen LogP contribution is 2.22. The molecule has 1 aromatic carbocycles. The van der Waals surface area contributed by atoms with Crippen LogP contribution in [-0.4, -0.2) is 22.2 Å². The van der Waals surface area contributed by atoms with E-state index in [-0.39, 0.29) is 36.6 Å². The summed E-state index contributed by atoms with van der Waals surface area (Å²) < 4.78 is 40.0. The third kappa shape index (κ3) is 5.91. The van der Waals surface area contributed by atoms with E-state index in [1.165, 1.54) is 24.3 Å². The van der Waals surface area contributed by atoms with Crippen LogP contribution >= 0.6 is 0 Å². The third-order valence-corrected chi connectivity index (χ3v) is 3.59. The number of alkyl halides is 3. The number of carbonyl (C=O) groups is 1. The highest BCUT2D eigenvalue weighted by atomic mass is 19.4. The van der Waals surface area contributed by atoms with Gasteiger partial charge in [-0.25, -0.2) is 4.98 Å². The number of aromatic amines is 1. The summed E-state index contributed by atoms with van der Waals surface area (Å²) in [5, 5.41) is 2.65. The van der Waals surface area contributed by atoms with Crippen molar-refractivity contribution in [2.45, 2.75) is 39.6 Å². The molecule has 9 heteroatoms. The number of H-pyrrole nitrogens is 1. The third-order valence-electron chi connectivity index (χ3n) is 3.59. The predicted molar refractivity (Wildman–Crippen MR) is 87.6 cm³/mol. The molecule has 26 heavy (non-hydrogen) atoms. The number of halogens is 3. The molecule has 0 bridgehead atoms. The number of nitrogens with one attached hydrogen (secondary N) is 2. The van der Waals surface area contributed by atoms with E-state index >= 15 is 0 Å². The van der Waals surface area contributed by atoms with Gasteiger partial charge in [0.15, 0.2) is 0 Å². The molecule has 2 N–H and O–H groups in total. The van der Waals surface area contributed by atoms with E-state index in [4.69, 9.17) is 0 Å². The van der Waals surface area contributed by atoms with Gasteiger partial charge in [-0.2, -0.15) is 0 Å². The van der Waals surface area contributed by atoms with Crippen LogP contribution in [0.25, 0.3) is 0 Å². The van der Waals surface area contributed by atoms with Crippen molar-refractivity contribution >= 4 is 5.91 Å². The predicted octanol–water partition coefficient (Wildman–Crippen LogP) is 2.53. The normalized spacial score (nSPS) is 11.3. The lowest BCUT2D eigenvalue weighted by atomic mass is 10.1. The maximum atomic E-state index is 12.1. The lowest BCUT2D eigenvalue weighted by Crippen LogP contribution is -2.25. The largest absolute Gasteiger partial charge is 0.573 e. The van der Waals surface area contributed by atoms with Crippen LogP contribution in [0, 0.1) is 13.8 Å². The minimum Gasteiger partial charge on any atom is -0.406 e. The average Bonchev–Trinajstić information content (AvgIpc) is 2.51. The monoisotopic (exact) mass is 369 g/mol. The van der Waals surface area contributed by atoms with Crippen LogP contribution < -0.4 is 15.6 Å². The van der Waals surface area contributed by atoms with Gasteiger partial charge in [0.25, 0.3) is 5.56 Å². The van der Waals surface area contributed by atoms with E-state index < -0.39 is 6.36 Å². The molecule has 0 unspecified atom stereocenters. The van der Waals surface area contributed by atoms with Crippen molar-refractivity contribution in [2.75, 3.05) is 0 Å². The van der Waals surface area contributed by atoms with Gasteiger partial charge in [-0.05, 0) is 38.0 Å². The molecular weight excluding hydrogens is 351 g/mol. The zero-order valence-electron chi connectivity index (χ0n) is 14.2. The van der Waals surface area contributed by atoms with E-state index in [9.17, 15) is 22.8 Å². The molecule has 2 aromatic rings. The van der Waals surface area contributed by atoms with Crippen molar-refractivity contribution in [2.24, 2.45) is 0 Å². The first kappa shape index (κ1) is 19.5. The SMILES string of the molecule is Cc1nc(C)c(CCC(=O)NCc2ccc(OC(F)(F)F)cc2)c(=O)[nH]1. The molecule has 0 aliphatic heterocycles. The van der Waals surface area contributed by atoms with Crippen molar-refractivity contribution in [3.63, 3.8) is 0 Å². The van der Waals surface area contributed by atoms with E-state index in [1.807, 2.05) is 0 Å². The number of aromatic nitrogens is 2. The average molecular weight is 369 g/mol. The molecule has 0 saturated carbocycles. The number of benzene rings is 1. The van der Waals surface area contributed by atoms with Crippen molar-refractivity contribution in [3.05, 3.63) is 57.3 Å². The maximum Gasteiger partial charge on any atom is 0.573 e. The first-order chi connectivity index (χ1) is 12.1. The summed E-state index contributed by atoms with van der Waals surface area (Å²) in [5.41, 5.74) is 1.40. The number of amides is 1. The zero-order chi connectivity index (χ0) is 19.3. The molecule has 0 saturated heterocycles. The number of rotatable bonds is 6. The minimum absolute atomic E-state index is 0.101. The highest BCUT2D eigenvalue weighted by Gasteiger charge is 2.30. The van der Waals surface area contributed by atoms with Crippen LogP contribution in [0.4, 0.5) is 13.2 Å². The molecule has 0 atom stereocenters. The summed E-state index contributed by atoms with van der Waals surface area (Å²) in [7, 11) is 0. The fourth-order valence-electron chi connectivity index (χ4n) is 2.38. The molecule has 2 rings (SSSR count). The quantitative estimate of drug-likeness (QED) is 0.820. The maximum absolute atomic E-state index is 12.1. The molecule has 1 heterocycles. The van der Waals surface area contributed by atoms with Crippen molar-refractivity contribution in [1.29, 1.82) is 0 Å². The van der Waals surface area contributed by atoms with E-state index in [1.54, 1.807) is 13.8 Å². The van der Waals surface area contributed by atoms with Crippen LogP contribution in [0.2, 0.25) is 0 Å². The smallest absolute Gasteiger partial charge is 0.406 e. The number of hydrogen-bond donors (Lipinski definition) is 2. The fourth-order valence-corrected chi connectivity index (χ4v) is 2.38. The second-order valence-corrected chi connectivity index (χ2v) is 5.68. The van der Waals surface area contributed by atoms with Crippen LogP contribution in [0.3, 0.4) is 0 Å². The van der Waals surface area contributed by atoms with Crippen molar-refractivity contribution < 1.29 is 22.7 Å². The first-order valence-corrected chi connectivity index (χ1v) is 7.82. The van der Waals surface area contributed by atoms with E-state index in [0.717, 1.165) is 0 Å². The molecule has 0 radical (unpaired) electrons. The highest BCUT2D eigenvalue weighted by molar-refractivity contribution is 5.76. The summed E-state index contributed by atoms with van der Waals surface area (Å²) in [4.78, 5) is 30.5. The lowest BCUT2D eigenvalue weighted by molar-refractivity contribution is -0.274. The van der Waals surface area contributed by atoms with Gasteiger partial charge in [0, 0.05) is 24.2 Å². The number of hydrogen-bond acceptors (Lipinski definition) is 4. The Bertz CT molecular complexity index is 830. The molecule has 140 valence electrons. The van der Waals surface area contributed by atoms with Gasteiger partial charge in [-0.3, -0.25) is 9.59 Å². The summed E-state index contributed by atoms with van der Waals surface area (Å²) >= 11 is 0. The fraction of sp³-hybridized carbons (Fsp3) is 0.353. The van der Waals surface area contributed by atoms with E-state index in [2.05, 4.69) is 20.0 Å². The van der Waals surface area contributed by atoms with Crippen LogP contribution in [0.1, 0.15) is 29.1 Å². The molecule has 1 aromatic heterocycles. The van der Waals surface area contributed by atoms with Gasteiger partial charge in [-0.1, -0.05) is 12.1 Å². The Morgan fingerprint density at radius 3 is 2.46 bits per heavy atom. The van der Waals surface area contributed by atoms with Crippen molar-refractivity contribution in [3.8, 4) is 5.75 Å². The van der Waals surface area contributed by atoms with Gasteiger partial charge >= 0.3 is 6.36 Å². The van der Waals surface area contributed by atoms with Gasteiger partial charge in [-0.15, -0.1) is 13.2 Å². The summed E-state index contributed by atoms with van der Waals surface area (Å²) in [5.74, 6) is -0.0900. The minimum atomic E-state index is -4.74. The Hall–Kier alpha value is -2.84. The molecule has 1 amide bonds. The lowest BCUT2D eigenvalue weighted by Gasteiger charge is -2.10. The zero-order valence-corrected chi connectivity index (χ0v) is 14.2. The van der Waals surface area contributed by atoms with Gasteiger partial charge in [0.1, 0.15) is 11.6 Å². The topological polar surface area (TPSA) is 84.1 Å². The molecule has 0 fully saturated rings. The molecule has 0 spiro atoms. The van der Waals surface area contributed by atoms with Crippen LogP contribution in [-0.2, 0) is 17.8 Å².